The summed E-state index contributed by atoms with van der Waals surface area (Å²) in [6.07, 6.45) is 2.86. The Morgan fingerprint density at radius 3 is 2.25 bits per heavy atom. The van der Waals surface area contributed by atoms with Crippen LogP contribution < -0.4 is 4.90 Å². The largest absolute Gasteiger partial charge is 0.369 e. The highest BCUT2D eigenvalue weighted by Crippen LogP contribution is 2.52. The Morgan fingerprint density at radius 2 is 1.62 bits per heavy atom. The first kappa shape index (κ1) is 22.2. The van der Waals surface area contributed by atoms with Crippen LogP contribution in [0.2, 0.25) is 10.0 Å². The van der Waals surface area contributed by atoms with E-state index in [0.29, 0.717) is 29.7 Å². The van der Waals surface area contributed by atoms with Crippen molar-refractivity contribution >= 4 is 45.2 Å². The fraction of sp³-hybridized carbons (Fsp3) is 0.435. The van der Waals surface area contributed by atoms with Gasteiger partial charge < -0.3 is 4.90 Å². The van der Waals surface area contributed by atoms with Gasteiger partial charge in [-0.1, -0.05) is 35.3 Å². The van der Waals surface area contributed by atoms with Crippen LogP contribution in [0.25, 0.3) is 0 Å². The quantitative estimate of drug-likeness (QED) is 0.593. The van der Waals surface area contributed by atoms with Crippen molar-refractivity contribution in [3.63, 3.8) is 0 Å². The van der Waals surface area contributed by atoms with Crippen molar-refractivity contribution in [2.75, 3.05) is 44.2 Å². The lowest BCUT2D eigenvalue weighted by Crippen LogP contribution is -2.68. The fourth-order valence-electron chi connectivity index (χ4n) is 5.27. The van der Waals surface area contributed by atoms with Crippen molar-refractivity contribution in [3.05, 3.63) is 58.1 Å². The van der Waals surface area contributed by atoms with Gasteiger partial charge in [0.25, 0.3) is 0 Å². The Morgan fingerprint density at radius 1 is 0.938 bits per heavy atom. The molecule has 0 unspecified atom stereocenters. The van der Waals surface area contributed by atoms with E-state index in [4.69, 9.17) is 23.2 Å². The van der Waals surface area contributed by atoms with Crippen LogP contribution in [-0.2, 0) is 10.0 Å². The van der Waals surface area contributed by atoms with E-state index in [2.05, 4.69) is 9.80 Å². The number of hydrogen-bond donors (Lipinski definition) is 0. The number of halogens is 2. The minimum absolute atomic E-state index is 0.119. The molecule has 2 aliphatic heterocycles. The van der Waals surface area contributed by atoms with E-state index >= 15 is 0 Å². The first-order valence-corrected chi connectivity index (χ1v) is 13.0. The lowest BCUT2D eigenvalue weighted by molar-refractivity contribution is -0.0762. The first-order valence-electron chi connectivity index (χ1n) is 10.8. The molecular weight excluding hydrogens is 469 g/mol. The molecule has 5 rings (SSSR count). The lowest BCUT2D eigenvalue weighted by Gasteiger charge is -2.61. The molecule has 9 heteroatoms. The molecule has 0 amide bonds. The maximum absolute atomic E-state index is 12.9. The number of rotatable bonds is 5. The highest BCUT2D eigenvalue weighted by molar-refractivity contribution is 7.89. The molecule has 0 radical (unpaired) electrons. The van der Waals surface area contributed by atoms with E-state index in [1.807, 2.05) is 12.1 Å². The van der Waals surface area contributed by atoms with Crippen LogP contribution in [-0.4, -0.2) is 69.2 Å². The summed E-state index contributed by atoms with van der Waals surface area (Å²) < 4.78 is 27.3. The van der Waals surface area contributed by atoms with Gasteiger partial charge in [-0.15, -0.1) is 0 Å². The molecular formula is C23H25Cl2N3O3S. The number of piperazine rings is 1. The average Bonchev–Trinajstić information content (AvgIpc) is 2.72. The van der Waals surface area contributed by atoms with E-state index in [0.717, 1.165) is 51.0 Å². The predicted octanol–water partition coefficient (Wildman–Crippen LogP) is 3.78. The Hall–Kier alpha value is -1.64. The molecule has 0 aromatic heterocycles. The molecule has 3 fully saturated rings. The Balaban J connectivity index is 1.13. The van der Waals surface area contributed by atoms with E-state index in [9.17, 15) is 13.2 Å². The third-order valence-electron chi connectivity index (χ3n) is 7.12. The minimum Gasteiger partial charge on any atom is -0.369 e. The second kappa shape index (κ2) is 8.29. The van der Waals surface area contributed by atoms with Gasteiger partial charge in [-0.2, -0.15) is 4.31 Å². The summed E-state index contributed by atoms with van der Waals surface area (Å²) in [6.45, 7) is 4.92. The molecule has 32 heavy (non-hydrogen) atoms. The van der Waals surface area contributed by atoms with Crippen LogP contribution >= 0.6 is 23.2 Å². The summed E-state index contributed by atoms with van der Waals surface area (Å²) in [6, 6.07) is 12.7. The summed E-state index contributed by atoms with van der Waals surface area (Å²) in [5.74, 6) is 0. The number of sulfonamides is 1. The van der Waals surface area contributed by atoms with Gasteiger partial charge in [0, 0.05) is 62.0 Å². The third-order valence-corrected chi connectivity index (χ3v) is 9.74. The highest BCUT2D eigenvalue weighted by Gasteiger charge is 2.57. The third kappa shape index (κ3) is 3.84. The van der Waals surface area contributed by atoms with Crippen LogP contribution in [0, 0.1) is 5.41 Å². The van der Waals surface area contributed by atoms with Crippen LogP contribution in [0.4, 0.5) is 5.69 Å². The zero-order valence-corrected chi connectivity index (χ0v) is 19.9. The maximum Gasteiger partial charge on any atom is 0.244 e. The van der Waals surface area contributed by atoms with Gasteiger partial charge in [0.2, 0.25) is 10.0 Å². The van der Waals surface area contributed by atoms with Crippen molar-refractivity contribution in [2.24, 2.45) is 5.41 Å². The molecule has 1 spiro atoms. The number of carbonyl (C=O) groups excluding carboxylic acids is 1. The number of benzene rings is 2. The van der Waals surface area contributed by atoms with E-state index < -0.39 is 10.0 Å². The van der Waals surface area contributed by atoms with Crippen molar-refractivity contribution < 1.29 is 13.2 Å². The Labute approximate surface area is 198 Å². The number of carbonyl (C=O) groups is 1. The molecule has 1 saturated carbocycles. The standard InChI is InChI=1S/C23H25Cl2N3O3S/c24-20-3-1-2-4-22(20)32(30,31)28-15-23(16-28)12-19(13-23)27-9-7-26(8-10-27)18-6-5-17(14-29)21(25)11-18/h1-6,11,14,19H,7-10,12-13,15-16H2. The summed E-state index contributed by atoms with van der Waals surface area (Å²) >= 11 is 12.3. The molecule has 0 atom stereocenters. The van der Waals surface area contributed by atoms with Crippen LogP contribution in [0.1, 0.15) is 23.2 Å². The monoisotopic (exact) mass is 493 g/mol. The number of aldehydes is 1. The van der Waals surface area contributed by atoms with Crippen LogP contribution in [0.3, 0.4) is 0 Å². The fourth-order valence-corrected chi connectivity index (χ4v) is 7.65. The smallest absolute Gasteiger partial charge is 0.244 e. The second-order valence-electron chi connectivity index (χ2n) is 9.11. The number of anilines is 1. The molecule has 2 saturated heterocycles. The number of hydrogen-bond acceptors (Lipinski definition) is 5. The number of nitrogens with zero attached hydrogens (tertiary/aromatic N) is 3. The van der Waals surface area contributed by atoms with Gasteiger partial charge in [-0.3, -0.25) is 9.69 Å². The zero-order chi connectivity index (χ0) is 22.5. The van der Waals surface area contributed by atoms with Gasteiger partial charge >= 0.3 is 0 Å². The average molecular weight is 494 g/mol. The van der Waals surface area contributed by atoms with Crippen molar-refractivity contribution in [1.29, 1.82) is 0 Å². The van der Waals surface area contributed by atoms with Gasteiger partial charge in [0.15, 0.2) is 6.29 Å². The van der Waals surface area contributed by atoms with Crippen molar-refractivity contribution in [1.82, 2.24) is 9.21 Å². The zero-order valence-electron chi connectivity index (χ0n) is 17.6. The van der Waals surface area contributed by atoms with E-state index in [1.54, 1.807) is 34.6 Å². The lowest BCUT2D eigenvalue weighted by atomic mass is 9.61. The first-order chi connectivity index (χ1) is 15.3. The molecule has 2 heterocycles. The van der Waals surface area contributed by atoms with Crippen molar-refractivity contribution in [2.45, 2.75) is 23.8 Å². The molecule has 3 aliphatic rings. The molecule has 170 valence electrons. The SMILES string of the molecule is O=Cc1ccc(N2CCN(C3CC4(C3)CN(S(=O)(=O)c3ccccc3Cl)C4)CC2)cc1Cl. The molecule has 6 nitrogen and oxygen atoms in total. The summed E-state index contributed by atoms with van der Waals surface area (Å²) in [5.41, 5.74) is 1.68. The topological polar surface area (TPSA) is 60.9 Å². The second-order valence-corrected chi connectivity index (χ2v) is 11.8. The van der Waals surface area contributed by atoms with Gasteiger partial charge in [-0.05, 0) is 43.2 Å². The summed E-state index contributed by atoms with van der Waals surface area (Å²) in [7, 11) is -3.52. The molecule has 1 aliphatic carbocycles. The van der Waals surface area contributed by atoms with Gasteiger partial charge in [-0.25, -0.2) is 8.42 Å². The summed E-state index contributed by atoms with van der Waals surface area (Å²) in [4.78, 5) is 16.0. The highest BCUT2D eigenvalue weighted by atomic mass is 35.5. The summed E-state index contributed by atoms with van der Waals surface area (Å²) in [5, 5.41) is 0.766. The molecule has 0 bridgehead atoms. The van der Waals surface area contributed by atoms with Crippen LogP contribution in [0.15, 0.2) is 47.4 Å². The van der Waals surface area contributed by atoms with E-state index in [-0.39, 0.29) is 15.3 Å². The molecule has 2 aromatic rings. The Bertz CT molecular complexity index is 1130. The maximum atomic E-state index is 12.9. The molecule has 2 aromatic carbocycles. The normalized spacial score (nSPS) is 21.9. The predicted molar refractivity (Wildman–Crippen MR) is 126 cm³/mol. The van der Waals surface area contributed by atoms with Gasteiger partial charge in [0.1, 0.15) is 4.90 Å². The Kier molecular flexibility index (Phi) is 5.75. The van der Waals surface area contributed by atoms with Gasteiger partial charge in [0.05, 0.1) is 10.0 Å². The molecule has 0 N–H and O–H groups in total. The minimum atomic E-state index is -3.52. The van der Waals surface area contributed by atoms with Crippen LogP contribution in [0.5, 0.6) is 0 Å². The van der Waals surface area contributed by atoms with Crippen molar-refractivity contribution in [3.8, 4) is 0 Å². The van der Waals surface area contributed by atoms with E-state index in [1.165, 1.54) is 0 Å².